The normalized spacial score (nSPS) is 14.7. The van der Waals surface area contributed by atoms with Crippen LogP contribution in [-0.4, -0.2) is 140 Å². The summed E-state index contributed by atoms with van der Waals surface area (Å²) in [7, 11) is 5.73. The van der Waals surface area contributed by atoms with Gasteiger partial charge >= 0.3 is 12.4 Å². The highest BCUT2D eigenvalue weighted by Gasteiger charge is 2.36. The molecule has 2 aromatic heterocycles. The molecule has 4 aromatic rings. The number of hydrogen-bond donors (Lipinski definition) is 4. The number of benzene rings is 2. The highest BCUT2D eigenvalue weighted by Crippen LogP contribution is 2.37. The second-order valence-electron chi connectivity index (χ2n) is 13.9. The lowest BCUT2D eigenvalue weighted by Crippen LogP contribution is -2.49. The van der Waals surface area contributed by atoms with E-state index in [1.807, 2.05) is 0 Å². The van der Waals surface area contributed by atoms with Crippen LogP contribution in [0.25, 0.3) is 0 Å². The van der Waals surface area contributed by atoms with Gasteiger partial charge in [0.25, 0.3) is 11.8 Å². The summed E-state index contributed by atoms with van der Waals surface area (Å²) in [6.07, 6.45) is -7.81. The zero-order valence-electron chi connectivity index (χ0n) is 34.7. The third kappa shape index (κ3) is 12.4. The summed E-state index contributed by atoms with van der Waals surface area (Å²) >= 11 is 12.7. The first-order chi connectivity index (χ1) is 29.9. The topological polar surface area (TPSA) is 171 Å². The molecule has 4 heterocycles. The van der Waals surface area contributed by atoms with Gasteiger partial charge in [-0.25, -0.2) is 9.97 Å². The first-order valence-electron chi connectivity index (χ1n) is 19.2. The number of halogens is 8. The molecule has 2 amide bonds. The van der Waals surface area contributed by atoms with Gasteiger partial charge in [0.15, 0.2) is 0 Å². The van der Waals surface area contributed by atoms with Crippen molar-refractivity contribution in [2.75, 3.05) is 115 Å². The van der Waals surface area contributed by atoms with Crippen molar-refractivity contribution in [3.8, 4) is 5.75 Å². The Hall–Kier alpha value is -5.42. The van der Waals surface area contributed by atoms with E-state index in [1.54, 1.807) is 29.9 Å². The summed E-state index contributed by atoms with van der Waals surface area (Å²) in [4.78, 5) is 46.6. The van der Waals surface area contributed by atoms with Crippen LogP contribution in [0, 0.1) is 6.92 Å². The number of aromatic nitrogens is 4. The number of rotatable bonds is 12. The summed E-state index contributed by atoms with van der Waals surface area (Å²) < 4.78 is 93.9. The number of methoxy groups -OCH3 is 2. The highest BCUT2D eigenvalue weighted by atomic mass is 35.5. The van der Waals surface area contributed by atoms with Gasteiger partial charge in [0, 0.05) is 91.0 Å². The molecule has 0 bridgehead atoms. The van der Waals surface area contributed by atoms with E-state index in [1.165, 1.54) is 39.4 Å². The average molecular weight is 933 g/mol. The van der Waals surface area contributed by atoms with Gasteiger partial charge in [-0.2, -0.15) is 36.3 Å². The molecule has 0 saturated carbocycles. The Morgan fingerprint density at radius 2 is 1.21 bits per heavy atom. The number of ether oxygens (including phenoxy) is 3. The molecule has 63 heavy (non-hydrogen) atoms. The Balaban J connectivity index is 0.000000240. The number of morpholine rings is 1. The number of hydrogen-bond acceptors (Lipinski definition) is 14. The van der Waals surface area contributed by atoms with Crippen molar-refractivity contribution < 1.29 is 50.1 Å². The lowest BCUT2D eigenvalue weighted by molar-refractivity contribution is -0.138. The Morgan fingerprint density at radius 3 is 1.68 bits per heavy atom. The van der Waals surface area contributed by atoms with Crippen LogP contribution in [0.3, 0.4) is 0 Å². The van der Waals surface area contributed by atoms with Crippen molar-refractivity contribution in [1.29, 1.82) is 0 Å². The summed E-state index contributed by atoms with van der Waals surface area (Å²) in [5, 5.41) is 10.8. The van der Waals surface area contributed by atoms with Gasteiger partial charge < -0.3 is 45.3 Å². The fourth-order valence-corrected chi connectivity index (χ4v) is 6.84. The summed E-state index contributed by atoms with van der Waals surface area (Å²) in [6, 6.07) is 6.12. The number of carbonyl (C=O) groups is 2. The molecule has 0 radical (unpaired) electrons. The van der Waals surface area contributed by atoms with Crippen molar-refractivity contribution in [3.05, 3.63) is 74.5 Å². The summed E-state index contributed by atoms with van der Waals surface area (Å²) in [5.41, 5.74) is 0.0889. The predicted octanol–water partition coefficient (Wildman–Crippen LogP) is 7.06. The minimum atomic E-state index is -4.60. The van der Waals surface area contributed by atoms with E-state index in [9.17, 15) is 35.9 Å². The van der Waals surface area contributed by atoms with Crippen molar-refractivity contribution in [1.82, 2.24) is 34.6 Å². The molecular weight excluding hydrogens is 887 g/mol. The van der Waals surface area contributed by atoms with Crippen LogP contribution in [0.5, 0.6) is 5.75 Å². The van der Waals surface area contributed by atoms with Crippen molar-refractivity contribution in [2.24, 2.45) is 0 Å². The number of nitrogens with one attached hydrogen (secondary N) is 4. The van der Waals surface area contributed by atoms with Gasteiger partial charge in [-0.05, 0) is 30.7 Å². The first-order valence-corrected chi connectivity index (χ1v) is 20.0. The van der Waals surface area contributed by atoms with Crippen LogP contribution >= 0.6 is 23.2 Å². The molecule has 2 aromatic carbocycles. The fourth-order valence-electron chi connectivity index (χ4n) is 6.42. The average Bonchev–Trinajstić information content (AvgIpc) is 3.26. The van der Waals surface area contributed by atoms with E-state index in [4.69, 9.17) is 37.4 Å². The second-order valence-corrected chi connectivity index (χ2v) is 14.7. The maximum absolute atomic E-state index is 13.1. The lowest BCUT2D eigenvalue weighted by Gasteiger charge is -2.34. The zero-order chi connectivity index (χ0) is 46.1. The standard InChI is InChI=1S/C21H26ClF3N6O3.C18H19ClF3N5O2/c1-26-18-14(21(23,24)25)12-27-20(29-18)28-16-11-17(34-3)13(10-15(16)22)19(32)31-6-4-30(5-7-31)8-9-33-2;1-10-7-14(13(19)8-11(10)16(28)27-3-5-29-6-4-27)25-17-24-9-12(18(20,21)22)15(23-2)26-17/h10-12H,4-9H2,1-3H3,(H2,26,27,28,29);7-9H,3-6H2,1-2H3,(H2,23,24,25,26). The SMILES string of the molecule is CNc1nc(Nc2cc(C)c(C(=O)N3CCOCC3)cc2Cl)ncc1C(F)(F)F.CNc1nc(Nc2cc(OC)c(C(=O)N3CCN(CCOC)CC3)cc2Cl)ncc1C(F)(F)F. The van der Waals surface area contributed by atoms with Gasteiger partial charge in [-0.15, -0.1) is 0 Å². The maximum atomic E-state index is 13.1. The zero-order valence-corrected chi connectivity index (χ0v) is 36.2. The number of anilines is 6. The highest BCUT2D eigenvalue weighted by molar-refractivity contribution is 6.34. The van der Waals surface area contributed by atoms with Crippen molar-refractivity contribution >= 4 is 69.9 Å². The smallest absolute Gasteiger partial charge is 0.421 e. The molecule has 0 spiro atoms. The molecule has 342 valence electrons. The van der Waals surface area contributed by atoms with Crippen molar-refractivity contribution in [2.45, 2.75) is 19.3 Å². The summed E-state index contributed by atoms with van der Waals surface area (Å²) in [6.45, 7) is 7.71. The van der Waals surface area contributed by atoms with Crippen molar-refractivity contribution in [3.63, 3.8) is 0 Å². The van der Waals surface area contributed by atoms with Crippen LogP contribution in [-0.2, 0) is 21.8 Å². The number of aryl methyl sites for hydroxylation is 1. The van der Waals surface area contributed by atoms with E-state index < -0.39 is 23.5 Å². The van der Waals surface area contributed by atoms with E-state index in [0.29, 0.717) is 75.2 Å². The van der Waals surface area contributed by atoms with Crippen LogP contribution in [0.4, 0.5) is 61.2 Å². The number of amides is 2. The number of piperazine rings is 1. The number of alkyl halides is 6. The molecule has 2 aliphatic heterocycles. The summed E-state index contributed by atoms with van der Waals surface area (Å²) in [5.74, 6) is -1.02. The first kappa shape index (κ1) is 48.6. The van der Waals surface area contributed by atoms with Gasteiger partial charge in [0.1, 0.15) is 28.5 Å². The van der Waals surface area contributed by atoms with Crippen LogP contribution in [0.1, 0.15) is 37.4 Å². The minimum Gasteiger partial charge on any atom is -0.496 e. The van der Waals surface area contributed by atoms with Gasteiger partial charge in [0.2, 0.25) is 11.9 Å². The Bertz CT molecular complexity index is 2240. The molecule has 0 atom stereocenters. The molecule has 2 fully saturated rings. The van der Waals surface area contributed by atoms with E-state index in [0.717, 1.165) is 19.6 Å². The third-order valence-corrected chi connectivity index (χ3v) is 10.4. The number of carbonyl (C=O) groups excluding carboxylic acids is 2. The molecular formula is C39H45Cl2F6N11O5. The molecule has 2 saturated heterocycles. The largest absolute Gasteiger partial charge is 0.496 e. The Kier molecular flexibility index (Phi) is 16.4. The quantitative estimate of drug-likeness (QED) is 0.107. The Labute approximate surface area is 368 Å². The molecule has 4 N–H and O–H groups in total. The monoisotopic (exact) mass is 931 g/mol. The molecule has 24 heteroatoms. The van der Waals surface area contributed by atoms with Crippen LogP contribution < -0.4 is 26.0 Å². The van der Waals surface area contributed by atoms with Crippen LogP contribution in [0.2, 0.25) is 10.0 Å². The Morgan fingerprint density at radius 1 is 0.730 bits per heavy atom. The lowest BCUT2D eigenvalue weighted by atomic mass is 10.1. The van der Waals surface area contributed by atoms with E-state index in [-0.39, 0.29) is 62.4 Å². The maximum Gasteiger partial charge on any atom is 0.421 e. The van der Waals surface area contributed by atoms with Crippen LogP contribution in [0.15, 0.2) is 36.7 Å². The van der Waals surface area contributed by atoms with E-state index in [2.05, 4.69) is 46.1 Å². The fraction of sp³-hybridized carbons (Fsp3) is 0.436. The number of nitrogens with zero attached hydrogens (tertiary/aromatic N) is 7. The van der Waals surface area contributed by atoms with Gasteiger partial charge in [0.05, 0.1) is 53.9 Å². The van der Waals surface area contributed by atoms with E-state index >= 15 is 0 Å². The van der Waals surface area contributed by atoms with Gasteiger partial charge in [-0.3, -0.25) is 14.5 Å². The predicted molar refractivity (Wildman–Crippen MR) is 225 cm³/mol. The third-order valence-electron chi connectivity index (χ3n) is 9.79. The van der Waals surface area contributed by atoms with Gasteiger partial charge in [-0.1, -0.05) is 23.2 Å². The molecule has 0 unspecified atom stereocenters. The molecule has 2 aliphatic rings. The minimum absolute atomic E-state index is 0.0593. The molecule has 6 rings (SSSR count). The molecule has 16 nitrogen and oxygen atoms in total. The second kappa shape index (κ2) is 21.3. The molecule has 0 aliphatic carbocycles.